The fourth-order valence-corrected chi connectivity index (χ4v) is 8.67. The number of rotatable bonds is 4. The number of amides is 1. The Morgan fingerprint density at radius 1 is 1.15 bits per heavy atom. The van der Waals surface area contributed by atoms with Crippen LogP contribution in [-0.4, -0.2) is 78.2 Å². The summed E-state index contributed by atoms with van der Waals surface area (Å²) in [6.45, 7) is 20.0. The van der Waals surface area contributed by atoms with Gasteiger partial charge in [-0.3, -0.25) is 4.79 Å². The van der Waals surface area contributed by atoms with Gasteiger partial charge in [-0.05, 0) is 50.2 Å². The Balaban J connectivity index is 0.00000183. The van der Waals surface area contributed by atoms with Crippen LogP contribution in [-0.2, 0) is 23.8 Å². The van der Waals surface area contributed by atoms with Gasteiger partial charge >= 0.3 is 6.09 Å². The molecule has 9 nitrogen and oxygen atoms in total. The van der Waals surface area contributed by atoms with E-state index in [0.29, 0.717) is 12.8 Å². The Morgan fingerprint density at radius 3 is 2.23 bits per heavy atom. The van der Waals surface area contributed by atoms with Crippen molar-refractivity contribution in [2.24, 2.45) is 34.5 Å². The van der Waals surface area contributed by atoms with Crippen LogP contribution in [0.4, 0.5) is 4.79 Å². The van der Waals surface area contributed by atoms with E-state index in [2.05, 4.69) is 12.2 Å². The topological polar surface area (TPSA) is 131 Å². The molecule has 1 radical (unpaired) electrons. The number of methoxy groups -OCH3 is 1. The zero-order valence-electron chi connectivity index (χ0n) is 25.9. The summed E-state index contributed by atoms with van der Waals surface area (Å²) in [5.74, 6) is -1.19. The minimum atomic E-state index is -1.25. The zero-order valence-corrected chi connectivity index (χ0v) is 30.6. The third-order valence-electron chi connectivity index (χ3n) is 11.2. The third kappa shape index (κ3) is 5.09. The number of ether oxygens (including phenoxy) is 3. The van der Waals surface area contributed by atoms with Crippen molar-refractivity contribution in [3.63, 3.8) is 0 Å². The fourth-order valence-electron chi connectivity index (χ4n) is 8.67. The van der Waals surface area contributed by atoms with Crippen LogP contribution >= 0.6 is 0 Å². The van der Waals surface area contributed by atoms with Crippen molar-refractivity contribution in [2.45, 2.75) is 111 Å². The molecule has 40 heavy (non-hydrogen) atoms. The van der Waals surface area contributed by atoms with Gasteiger partial charge in [0.25, 0.3) is 0 Å². The van der Waals surface area contributed by atoms with Gasteiger partial charge in [-0.15, -0.1) is 0 Å². The van der Waals surface area contributed by atoms with Crippen LogP contribution in [0, 0.1) is 78.6 Å². The predicted octanol–water partition coefficient (Wildman–Crippen LogP) is 3.44. The quantitative estimate of drug-likeness (QED) is 0.371. The van der Waals surface area contributed by atoms with Crippen molar-refractivity contribution in [2.75, 3.05) is 13.7 Å². The Hall–Kier alpha value is -0.368. The zero-order chi connectivity index (χ0) is 29.9. The van der Waals surface area contributed by atoms with Crippen LogP contribution in [0.5, 0.6) is 0 Å². The number of alkyl carbamates (subject to hydrolysis) is 1. The van der Waals surface area contributed by atoms with Gasteiger partial charge in [-0.25, -0.2) is 4.79 Å². The molecule has 0 aromatic carbocycles. The Kier molecular flexibility index (Phi) is 11.0. The molecule has 1 amide bonds. The van der Waals surface area contributed by atoms with Gasteiger partial charge in [0, 0.05) is 73.1 Å². The summed E-state index contributed by atoms with van der Waals surface area (Å²) >= 11 is 0. The molecule has 1 aliphatic heterocycles. The van der Waals surface area contributed by atoms with E-state index in [1.807, 2.05) is 62.2 Å². The fraction of sp³-hybridized carbons (Fsp3) is 0.833. The van der Waals surface area contributed by atoms with Gasteiger partial charge < -0.3 is 34.5 Å². The smallest absolute Gasteiger partial charge is 0.407 e. The summed E-state index contributed by atoms with van der Waals surface area (Å²) in [4.78, 5) is 34.2. The molecule has 2 saturated carbocycles. The molecule has 1 saturated heterocycles. The van der Waals surface area contributed by atoms with Crippen LogP contribution in [0.3, 0.4) is 0 Å². The first-order chi connectivity index (χ1) is 18.0. The second kappa shape index (κ2) is 12.3. The monoisotopic (exact) mass is 778 g/mol. The van der Waals surface area contributed by atoms with Crippen LogP contribution in [0.15, 0.2) is 11.1 Å². The molecule has 11 unspecified atom stereocenters. The number of Topliss-reactive ketones (excluding diaryl/α,β-unsaturated/α-hetero) is 1. The third-order valence-corrected chi connectivity index (χ3v) is 11.2. The van der Waals surface area contributed by atoms with E-state index in [-0.39, 0.29) is 80.6 Å². The van der Waals surface area contributed by atoms with Crippen LogP contribution in [0.2, 0.25) is 0 Å². The molecule has 10 heteroatoms. The summed E-state index contributed by atoms with van der Waals surface area (Å²) in [6, 6.07) is -0.327. The number of carbonyl (C=O) groups excluding carboxylic acids is 3. The first kappa shape index (κ1) is 35.8. The normalized spacial score (nSPS) is 43.0. The average molecular weight is 779 g/mol. The van der Waals surface area contributed by atoms with E-state index in [4.69, 9.17) is 19.0 Å². The number of fused-ring (bicyclic) bond motifs is 5. The molecule has 1 heterocycles. The number of hydrogen-bond acceptors (Lipinski definition) is 8. The largest absolute Gasteiger partial charge is 0.453 e. The Bertz CT molecular complexity index is 1020. The number of carbonyl (C=O) groups is 3. The van der Waals surface area contributed by atoms with E-state index >= 15 is 0 Å². The van der Waals surface area contributed by atoms with Gasteiger partial charge in [0.1, 0.15) is 18.2 Å². The van der Waals surface area contributed by atoms with E-state index in [1.165, 1.54) is 7.11 Å². The molecular formula is C30H49AcNO8. The number of ketones is 1. The van der Waals surface area contributed by atoms with Crippen molar-refractivity contribution in [1.29, 1.82) is 0 Å². The van der Waals surface area contributed by atoms with Crippen molar-refractivity contribution in [1.82, 2.24) is 5.32 Å². The van der Waals surface area contributed by atoms with Gasteiger partial charge in [0.05, 0.1) is 43.7 Å². The standard InChI is InChI=1S/C29H47NO7.CH2O.Ac/c1-14-11-21-28(33,13-36-21)23-17(4)29(34)12-20(37-19(6)18(5)30-25(32)35-10)15(2)22(26(29,7)8)16(3)24(31)27(14,23)9;1-2;/h14,16-21,23,33-34H,11-13H2,1-10H3,(H,30,32);1H2;. The SMILES string of the molecule is C=O.COC(=O)NC(C)C(C)OC1CC2(O)C(C)C3C4(O)COC4CC(C)C3(C)C(=O)C(C)C(=C1C)C2(C)C.[Ac]. The summed E-state index contributed by atoms with van der Waals surface area (Å²) in [5, 5.41) is 27.4. The maximum Gasteiger partial charge on any atom is 0.407 e. The Morgan fingerprint density at radius 2 is 1.73 bits per heavy atom. The second-order valence-electron chi connectivity index (χ2n) is 13.2. The molecule has 3 fully saturated rings. The predicted molar refractivity (Wildman–Crippen MR) is 146 cm³/mol. The van der Waals surface area contributed by atoms with Gasteiger partial charge in [0.2, 0.25) is 0 Å². The van der Waals surface area contributed by atoms with Gasteiger partial charge in [-0.2, -0.15) is 0 Å². The van der Waals surface area contributed by atoms with E-state index in [9.17, 15) is 19.8 Å². The van der Waals surface area contributed by atoms with Crippen molar-refractivity contribution >= 4 is 18.7 Å². The summed E-state index contributed by atoms with van der Waals surface area (Å²) in [7, 11) is 1.32. The minimum absolute atomic E-state index is 0. The first-order valence-electron chi connectivity index (χ1n) is 14.1. The molecular weight excluding hydrogens is 729 g/mol. The number of aliphatic hydroxyl groups is 2. The van der Waals surface area contributed by atoms with Crippen LogP contribution in [0.25, 0.3) is 0 Å². The summed E-state index contributed by atoms with van der Waals surface area (Å²) < 4.78 is 17.1. The maximum atomic E-state index is 14.5. The van der Waals surface area contributed by atoms with E-state index < -0.39 is 52.0 Å². The van der Waals surface area contributed by atoms with Crippen LogP contribution < -0.4 is 5.32 Å². The number of nitrogens with one attached hydrogen (secondary N) is 1. The molecule has 4 rings (SSSR count). The molecule has 11 atom stereocenters. The molecule has 3 N–H and O–H groups in total. The van der Waals surface area contributed by atoms with Gasteiger partial charge in [-0.1, -0.05) is 41.5 Å². The van der Waals surface area contributed by atoms with Crippen LogP contribution in [0.1, 0.15) is 75.2 Å². The van der Waals surface area contributed by atoms with E-state index in [0.717, 1.165) is 11.1 Å². The molecule has 4 aliphatic rings. The molecule has 2 bridgehead atoms. The second-order valence-corrected chi connectivity index (χ2v) is 13.2. The first-order valence-corrected chi connectivity index (χ1v) is 14.1. The van der Waals surface area contributed by atoms with Crippen molar-refractivity contribution in [3.8, 4) is 0 Å². The minimum Gasteiger partial charge on any atom is -0.453 e. The molecule has 225 valence electrons. The number of hydrogen-bond donors (Lipinski definition) is 3. The summed E-state index contributed by atoms with van der Waals surface area (Å²) in [6.07, 6.45) is -0.719. The molecule has 0 aromatic heterocycles. The van der Waals surface area contributed by atoms with Gasteiger partial charge in [0.15, 0.2) is 0 Å². The van der Waals surface area contributed by atoms with Crippen molar-refractivity contribution < 1.29 is 82.9 Å². The van der Waals surface area contributed by atoms with Crippen molar-refractivity contribution in [3.05, 3.63) is 11.1 Å². The molecule has 0 aromatic rings. The average Bonchev–Trinajstić information content (AvgIpc) is 2.88. The Labute approximate surface area is 275 Å². The summed E-state index contributed by atoms with van der Waals surface area (Å²) in [5.41, 5.74) is -2.03. The van der Waals surface area contributed by atoms with E-state index in [1.54, 1.807) is 0 Å². The molecule has 3 aliphatic carbocycles. The molecule has 0 spiro atoms. The maximum absolute atomic E-state index is 14.5.